The van der Waals surface area contributed by atoms with Crippen LogP contribution in [0.25, 0.3) is 0 Å². The average Bonchev–Trinajstić information content (AvgIpc) is 2.68. The lowest BCUT2D eigenvalue weighted by Crippen LogP contribution is -2.43. The third-order valence-electron chi connectivity index (χ3n) is 4.04. The van der Waals surface area contributed by atoms with E-state index in [0.717, 1.165) is 37.5 Å². The molecule has 2 atom stereocenters. The summed E-state index contributed by atoms with van der Waals surface area (Å²) in [5.74, 6) is -3.29. The number of nitrogens with one attached hydrogen (secondary N) is 1. The Morgan fingerprint density at radius 1 is 1.18 bits per heavy atom. The fourth-order valence-corrected chi connectivity index (χ4v) is 2.89. The van der Waals surface area contributed by atoms with Crippen LogP contribution < -0.4 is 5.32 Å². The Morgan fingerprint density at radius 3 is 2.64 bits per heavy atom. The molecule has 0 bridgehead atoms. The molecular weight excluding hydrogens is 292 g/mol. The largest absolute Gasteiger partial charge is 0.481 e. The standard InChI is InChI=1S/C16H19F2NO3/c17-11-6-7-13(18)10(8-11)9-15(20)19-14-5-3-1-2-4-12(14)16(21)22/h6-8,12,14H,1-5,9H2,(H,19,20)(H,21,22)/t12-,14-/m0/s1. The number of rotatable bonds is 4. The van der Waals surface area contributed by atoms with E-state index in [4.69, 9.17) is 0 Å². The first-order chi connectivity index (χ1) is 10.5. The highest BCUT2D eigenvalue weighted by Crippen LogP contribution is 2.24. The molecule has 120 valence electrons. The smallest absolute Gasteiger partial charge is 0.308 e. The van der Waals surface area contributed by atoms with Crippen LogP contribution in [0.15, 0.2) is 18.2 Å². The van der Waals surface area contributed by atoms with Crippen LogP contribution in [-0.2, 0) is 16.0 Å². The molecule has 2 rings (SSSR count). The maximum atomic E-state index is 13.5. The van der Waals surface area contributed by atoms with Crippen molar-refractivity contribution in [1.29, 1.82) is 0 Å². The number of carbonyl (C=O) groups excluding carboxylic acids is 1. The number of carboxylic acids is 1. The summed E-state index contributed by atoms with van der Waals surface area (Å²) in [4.78, 5) is 23.3. The maximum Gasteiger partial charge on any atom is 0.308 e. The van der Waals surface area contributed by atoms with E-state index in [1.807, 2.05) is 0 Å². The molecular formula is C16H19F2NO3. The summed E-state index contributed by atoms with van der Waals surface area (Å²) in [6.07, 6.45) is 3.43. The van der Waals surface area contributed by atoms with Gasteiger partial charge >= 0.3 is 5.97 Å². The van der Waals surface area contributed by atoms with E-state index in [1.54, 1.807) is 0 Å². The van der Waals surface area contributed by atoms with E-state index in [2.05, 4.69) is 5.32 Å². The summed E-state index contributed by atoms with van der Waals surface area (Å²) in [6.45, 7) is 0. The number of carbonyl (C=O) groups is 2. The van der Waals surface area contributed by atoms with Gasteiger partial charge in [0, 0.05) is 11.6 Å². The number of amides is 1. The topological polar surface area (TPSA) is 66.4 Å². The van der Waals surface area contributed by atoms with Crippen LogP contribution in [0, 0.1) is 17.6 Å². The molecule has 1 aliphatic rings. The molecule has 0 saturated heterocycles. The van der Waals surface area contributed by atoms with Crippen LogP contribution in [0.1, 0.15) is 37.7 Å². The zero-order valence-corrected chi connectivity index (χ0v) is 12.1. The quantitative estimate of drug-likeness (QED) is 0.840. The molecule has 0 radical (unpaired) electrons. The van der Waals surface area contributed by atoms with Gasteiger partial charge in [0.2, 0.25) is 5.91 Å². The van der Waals surface area contributed by atoms with E-state index in [1.165, 1.54) is 0 Å². The van der Waals surface area contributed by atoms with Crippen molar-refractivity contribution < 1.29 is 23.5 Å². The van der Waals surface area contributed by atoms with Crippen molar-refractivity contribution in [3.05, 3.63) is 35.4 Å². The molecule has 0 spiro atoms. The van der Waals surface area contributed by atoms with Crippen molar-refractivity contribution in [1.82, 2.24) is 5.32 Å². The second kappa shape index (κ2) is 7.33. The Morgan fingerprint density at radius 2 is 1.91 bits per heavy atom. The summed E-state index contributed by atoms with van der Waals surface area (Å²) >= 11 is 0. The Bertz CT molecular complexity index is 562. The summed E-state index contributed by atoms with van der Waals surface area (Å²) in [7, 11) is 0. The third-order valence-corrected chi connectivity index (χ3v) is 4.04. The first kappa shape index (κ1) is 16.4. The number of hydrogen-bond donors (Lipinski definition) is 2. The first-order valence-corrected chi connectivity index (χ1v) is 7.43. The summed E-state index contributed by atoms with van der Waals surface area (Å²) in [5.41, 5.74) is -0.0296. The van der Waals surface area contributed by atoms with Gasteiger partial charge in [-0.25, -0.2) is 8.78 Å². The lowest BCUT2D eigenvalue weighted by atomic mass is 9.94. The molecule has 1 aliphatic carbocycles. The highest BCUT2D eigenvalue weighted by atomic mass is 19.1. The molecule has 4 nitrogen and oxygen atoms in total. The number of benzene rings is 1. The second-order valence-electron chi connectivity index (χ2n) is 5.67. The average molecular weight is 311 g/mol. The number of aliphatic carboxylic acids is 1. The van der Waals surface area contributed by atoms with E-state index >= 15 is 0 Å². The Balaban J connectivity index is 2.03. The highest BCUT2D eigenvalue weighted by Gasteiger charge is 2.30. The summed E-state index contributed by atoms with van der Waals surface area (Å²) < 4.78 is 26.6. The zero-order valence-electron chi connectivity index (χ0n) is 12.1. The third kappa shape index (κ3) is 4.26. The van der Waals surface area contributed by atoms with Crippen LogP contribution in [0.5, 0.6) is 0 Å². The van der Waals surface area contributed by atoms with Gasteiger partial charge in [-0.05, 0) is 31.0 Å². The Hall–Kier alpha value is -1.98. The molecule has 0 aromatic heterocycles. The van der Waals surface area contributed by atoms with Gasteiger partial charge in [-0.2, -0.15) is 0 Å². The van der Waals surface area contributed by atoms with Gasteiger partial charge in [0.1, 0.15) is 11.6 Å². The normalized spacial score (nSPS) is 21.9. The van der Waals surface area contributed by atoms with Crippen LogP contribution in [0.3, 0.4) is 0 Å². The van der Waals surface area contributed by atoms with E-state index in [9.17, 15) is 23.5 Å². The molecule has 0 heterocycles. The van der Waals surface area contributed by atoms with Crippen LogP contribution >= 0.6 is 0 Å². The van der Waals surface area contributed by atoms with Gasteiger partial charge in [-0.15, -0.1) is 0 Å². The summed E-state index contributed by atoms with van der Waals surface area (Å²) in [6, 6.07) is 2.49. The highest BCUT2D eigenvalue weighted by molar-refractivity contribution is 5.80. The molecule has 0 aliphatic heterocycles. The van der Waals surface area contributed by atoms with Crippen molar-refractivity contribution >= 4 is 11.9 Å². The van der Waals surface area contributed by atoms with E-state index in [0.29, 0.717) is 12.8 Å². The molecule has 22 heavy (non-hydrogen) atoms. The van der Waals surface area contributed by atoms with Crippen molar-refractivity contribution in [2.75, 3.05) is 0 Å². The minimum atomic E-state index is -0.927. The Labute approximate surface area is 127 Å². The maximum absolute atomic E-state index is 13.5. The molecule has 1 amide bonds. The number of halogens is 2. The predicted molar refractivity (Wildman–Crippen MR) is 76.2 cm³/mol. The van der Waals surface area contributed by atoms with E-state index in [-0.39, 0.29) is 12.0 Å². The first-order valence-electron chi connectivity index (χ1n) is 7.43. The number of hydrogen-bond acceptors (Lipinski definition) is 2. The molecule has 1 fully saturated rings. The number of carboxylic acid groups (broad SMARTS) is 1. The van der Waals surface area contributed by atoms with Crippen molar-refractivity contribution in [2.24, 2.45) is 5.92 Å². The molecule has 6 heteroatoms. The monoisotopic (exact) mass is 311 g/mol. The predicted octanol–water partition coefficient (Wildman–Crippen LogP) is 2.66. The van der Waals surface area contributed by atoms with Crippen molar-refractivity contribution in [2.45, 2.75) is 44.6 Å². The fourth-order valence-electron chi connectivity index (χ4n) is 2.89. The van der Waals surface area contributed by atoms with Gasteiger partial charge in [0.25, 0.3) is 0 Å². The SMILES string of the molecule is O=C(Cc1cc(F)ccc1F)N[C@H]1CCCCC[C@@H]1C(=O)O. The minimum absolute atomic E-state index is 0.0296. The zero-order chi connectivity index (χ0) is 16.1. The molecule has 0 unspecified atom stereocenters. The molecule has 1 aromatic rings. The summed E-state index contributed by atoms with van der Waals surface area (Å²) in [5, 5.41) is 11.9. The van der Waals surface area contributed by atoms with E-state index < -0.39 is 35.5 Å². The minimum Gasteiger partial charge on any atom is -0.481 e. The molecule has 2 N–H and O–H groups in total. The van der Waals surface area contributed by atoms with Gasteiger partial charge < -0.3 is 10.4 Å². The van der Waals surface area contributed by atoms with Crippen molar-refractivity contribution in [3.63, 3.8) is 0 Å². The van der Waals surface area contributed by atoms with Crippen LogP contribution in [0.2, 0.25) is 0 Å². The lowest BCUT2D eigenvalue weighted by Gasteiger charge is -2.23. The van der Waals surface area contributed by atoms with Crippen LogP contribution in [-0.4, -0.2) is 23.0 Å². The molecule has 1 saturated carbocycles. The Kier molecular flexibility index (Phi) is 5.46. The lowest BCUT2D eigenvalue weighted by molar-refractivity contribution is -0.143. The second-order valence-corrected chi connectivity index (χ2v) is 5.67. The fraction of sp³-hybridized carbons (Fsp3) is 0.500. The van der Waals surface area contributed by atoms with Crippen molar-refractivity contribution in [3.8, 4) is 0 Å². The van der Waals surface area contributed by atoms with Crippen LogP contribution in [0.4, 0.5) is 8.78 Å². The van der Waals surface area contributed by atoms with Gasteiger partial charge in [-0.1, -0.05) is 19.3 Å². The van der Waals surface area contributed by atoms with Gasteiger partial charge in [-0.3, -0.25) is 9.59 Å². The van der Waals surface area contributed by atoms with Gasteiger partial charge in [0.15, 0.2) is 0 Å². The van der Waals surface area contributed by atoms with Gasteiger partial charge in [0.05, 0.1) is 12.3 Å². The molecule has 1 aromatic carbocycles.